The summed E-state index contributed by atoms with van der Waals surface area (Å²) >= 11 is 3.83. The van der Waals surface area contributed by atoms with Crippen molar-refractivity contribution in [2.75, 3.05) is 0 Å². The van der Waals surface area contributed by atoms with Gasteiger partial charge in [0.05, 0.1) is 0 Å². The summed E-state index contributed by atoms with van der Waals surface area (Å²) in [6.07, 6.45) is 0. The second kappa shape index (κ2) is 10.9. The number of benzene rings is 9. The number of fused-ring (bicyclic) bond motifs is 10. The van der Waals surface area contributed by atoms with Gasteiger partial charge in [-0.25, -0.2) is 0 Å². The fourth-order valence-electron chi connectivity index (χ4n) is 8.21. The summed E-state index contributed by atoms with van der Waals surface area (Å²) in [5.41, 5.74) is 7.71. The zero-order chi connectivity index (χ0) is 32.8. The maximum absolute atomic E-state index is 2.42. The first-order valence-electron chi connectivity index (χ1n) is 17.1. The second-order valence-electron chi connectivity index (χ2n) is 13.2. The number of rotatable bonds is 3. The molecule has 0 aliphatic heterocycles. The van der Waals surface area contributed by atoms with Gasteiger partial charge in [-0.05, 0) is 77.8 Å². The molecule has 0 spiro atoms. The first-order valence-corrected chi connectivity index (χ1v) is 18.7. The van der Waals surface area contributed by atoms with Gasteiger partial charge in [0.15, 0.2) is 0 Å². The van der Waals surface area contributed by atoms with E-state index in [1.807, 2.05) is 22.7 Å². The zero-order valence-electron chi connectivity index (χ0n) is 27.0. The predicted octanol–water partition coefficient (Wildman–Crippen LogP) is 14.9. The third-order valence-corrected chi connectivity index (χ3v) is 12.9. The average Bonchev–Trinajstić information content (AvgIpc) is 3.75. The van der Waals surface area contributed by atoms with Crippen molar-refractivity contribution in [2.45, 2.75) is 0 Å². The molecule has 0 saturated heterocycles. The van der Waals surface area contributed by atoms with Gasteiger partial charge in [0.1, 0.15) is 0 Å². The van der Waals surface area contributed by atoms with Crippen molar-refractivity contribution in [1.82, 2.24) is 0 Å². The van der Waals surface area contributed by atoms with Gasteiger partial charge in [-0.1, -0.05) is 158 Å². The van der Waals surface area contributed by atoms with E-state index in [9.17, 15) is 0 Å². The molecular formula is C48H28S2. The smallest absolute Gasteiger partial charge is 0.0434 e. The van der Waals surface area contributed by atoms with Crippen LogP contribution >= 0.6 is 22.7 Å². The van der Waals surface area contributed by atoms with Crippen molar-refractivity contribution in [2.24, 2.45) is 0 Å². The summed E-state index contributed by atoms with van der Waals surface area (Å²) in [6.45, 7) is 0. The molecule has 0 aliphatic carbocycles. The molecule has 0 N–H and O–H groups in total. The lowest BCUT2D eigenvalue weighted by Gasteiger charge is -2.17. The fraction of sp³-hybridized carbons (Fsp3) is 0. The molecule has 0 atom stereocenters. The highest BCUT2D eigenvalue weighted by Gasteiger charge is 2.18. The molecule has 0 amide bonds. The molecule has 2 heteroatoms. The van der Waals surface area contributed by atoms with Gasteiger partial charge in [-0.15, -0.1) is 22.7 Å². The lowest BCUT2D eigenvalue weighted by atomic mass is 9.86. The molecule has 0 saturated carbocycles. The quantitative estimate of drug-likeness (QED) is 0.164. The third-order valence-electron chi connectivity index (χ3n) is 10.5. The molecule has 11 rings (SSSR count). The Morgan fingerprint density at radius 3 is 1.50 bits per heavy atom. The summed E-state index contributed by atoms with van der Waals surface area (Å²) < 4.78 is 5.38. The lowest BCUT2D eigenvalue weighted by Crippen LogP contribution is -1.90. The Morgan fingerprint density at radius 2 is 0.800 bits per heavy atom. The van der Waals surface area contributed by atoms with Crippen LogP contribution in [0.4, 0.5) is 0 Å². The Bertz CT molecular complexity index is 3080. The first-order chi connectivity index (χ1) is 24.8. The summed E-state index contributed by atoms with van der Waals surface area (Å²) in [6, 6.07) is 63.0. The molecule has 0 aliphatic rings. The van der Waals surface area contributed by atoms with Gasteiger partial charge < -0.3 is 0 Å². The van der Waals surface area contributed by atoms with E-state index in [1.165, 1.54) is 106 Å². The topological polar surface area (TPSA) is 0 Å². The minimum absolute atomic E-state index is 1.25. The van der Waals surface area contributed by atoms with Gasteiger partial charge in [0.2, 0.25) is 0 Å². The van der Waals surface area contributed by atoms with Gasteiger partial charge >= 0.3 is 0 Å². The summed E-state index contributed by atoms with van der Waals surface area (Å²) in [4.78, 5) is 0. The molecule has 9 aromatic carbocycles. The van der Waals surface area contributed by atoms with Crippen LogP contribution in [0.15, 0.2) is 170 Å². The van der Waals surface area contributed by atoms with E-state index in [0.717, 1.165) is 0 Å². The van der Waals surface area contributed by atoms with Crippen molar-refractivity contribution in [3.8, 4) is 33.4 Å². The Hall–Kier alpha value is -5.80. The van der Waals surface area contributed by atoms with Crippen LogP contribution in [-0.2, 0) is 0 Å². The summed E-state index contributed by atoms with van der Waals surface area (Å²) in [5, 5.41) is 13.1. The summed E-state index contributed by atoms with van der Waals surface area (Å²) in [5.74, 6) is 0. The number of hydrogen-bond acceptors (Lipinski definition) is 2. The monoisotopic (exact) mass is 668 g/mol. The molecule has 11 aromatic rings. The van der Waals surface area contributed by atoms with Crippen LogP contribution in [0.5, 0.6) is 0 Å². The Morgan fingerprint density at radius 1 is 0.280 bits per heavy atom. The van der Waals surface area contributed by atoms with Gasteiger partial charge in [-0.2, -0.15) is 0 Å². The normalized spacial score (nSPS) is 12.0. The van der Waals surface area contributed by atoms with Crippen LogP contribution in [0.2, 0.25) is 0 Å². The molecule has 2 aromatic heterocycles. The first kappa shape index (κ1) is 28.1. The molecule has 2 heterocycles. The van der Waals surface area contributed by atoms with Crippen LogP contribution < -0.4 is 0 Å². The maximum atomic E-state index is 2.42. The highest BCUT2D eigenvalue weighted by Crippen LogP contribution is 2.47. The van der Waals surface area contributed by atoms with Crippen LogP contribution in [0.25, 0.3) is 106 Å². The van der Waals surface area contributed by atoms with E-state index < -0.39 is 0 Å². The van der Waals surface area contributed by atoms with Crippen LogP contribution in [0.1, 0.15) is 0 Å². The maximum Gasteiger partial charge on any atom is 0.0434 e. The van der Waals surface area contributed by atoms with E-state index in [2.05, 4.69) is 170 Å². The van der Waals surface area contributed by atoms with Crippen molar-refractivity contribution >= 4 is 95.3 Å². The largest absolute Gasteiger partial charge is 0.135 e. The van der Waals surface area contributed by atoms with E-state index in [4.69, 9.17) is 0 Å². The predicted molar refractivity (Wildman–Crippen MR) is 221 cm³/mol. The second-order valence-corrected chi connectivity index (χ2v) is 15.3. The van der Waals surface area contributed by atoms with Crippen molar-refractivity contribution < 1.29 is 0 Å². The average molecular weight is 669 g/mol. The number of hydrogen-bond donors (Lipinski definition) is 0. The lowest BCUT2D eigenvalue weighted by molar-refractivity contribution is 1.66. The molecule has 0 fully saturated rings. The van der Waals surface area contributed by atoms with Gasteiger partial charge in [0, 0.05) is 40.3 Å². The van der Waals surface area contributed by atoms with Crippen molar-refractivity contribution in [3.05, 3.63) is 170 Å². The molecule has 0 unspecified atom stereocenters. The van der Waals surface area contributed by atoms with Crippen LogP contribution in [-0.4, -0.2) is 0 Å². The molecule has 0 bridgehead atoms. The third kappa shape index (κ3) is 4.10. The molecule has 0 radical (unpaired) electrons. The zero-order valence-corrected chi connectivity index (χ0v) is 28.6. The van der Waals surface area contributed by atoms with Crippen LogP contribution in [0.3, 0.4) is 0 Å². The highest BCUT2D eigenvalue weighted by atomic mass is 32.1. The van der Waals surface area contributed by atoms with E-state index >= 15 is 0 Å². The van der Waals surface area contributed by atoms with Crippen LogP contribution in [0, 0.1) is 0 Å². The van der Waals surface area contributed by atoms with Crippen molar-refractivity contribution in [3.63, 3.8) is 0 Å². The Labute approximate surface area is 297 Å². The van der Waals surface area contributed by atoms with E-state index in [1.54, 1.807) is 0 Å². The molecule has 50 heavy (non-hydrogen) atoms. The Balaban J connectivity index is 1.09. The molecule has 232 valence electrons. The van der Waals surface area contributed by atoms with E-state index in [-0.39, 0.29) is 0 Å². The molecule has 0 nitrogen and oxygen atoms in total. The van der Waals surface area contributed by atoms with Crippen molar-refractivity contribution in [1.29, 1.82) is 0 Å². The molecular weight excluding hydrogens is 641 g/mol. The summed E-state index contributed by atoms with van der Waals surface area (Å²) in [7, 11) is 0. The highest BCUT2D eigenvalue weighted by molar-refractivity contribution is 7.27. The Kier molecular flexibility index (Phi) is 6.09. The standard InChI is InChI=1S/C48H28S2/c1-2-12-30(13-3-1)45-37-15-6-8-17-39(37)46(40-18-9-7-16-38(40)45)32-23-25-36-35-24-22-31(27-43(35)49-44(36)28-32)34-19-10-20-41-42-26-21-29-11-4-5-14-33(29)47(42)50-48(34)41/h1-28H. The minimum Gasteiger partial charge on any atom is -0.135 e. The van der Waals surface area contributed by atoms with Gasteiger partial charge in [-0.3, -0.25) is 0 Å². The number of thiophene rings is 2. The van der Waals surface area contributed by atoms with E-state index in [0.29, 0.717) is 0 Å². The SMILES string of the molecule is c1ccc(-c2c3ccccc3c(-c3ccc4c(c3)sc3cc(-c5cccc6c5sc5c7ccccc7ccc65)ccc34)c3ccccc23)cc1. The fourth-order valence-corrected chi connectivity index (χ4v) is 10.8. The minimum atomic E-state index is 1.25. The van der Waals surface area contributed by atoms with Gasteiger partial charge in [0.25, 0.3) is 0 Å².